The van der Waals surface area contributed by atoms with E-state index >= 15 is 0 Å². The van der Waals surface area contributed by atoms with E-state index in [2.05, 4.69) is 4.99 Å². The van der Waals surface area contributed by atoms with Gasteiger partial charge in [0.25, 0.3) is 5.91 Å². The molecule has 0 aliphatic heterocycles. The van der Waals surface area contributed by atoms with E-state index in [0.29, 0.717) is 12.5 Å². The summed E-state index contributed by atoms with van der Waals surface area (Å²) in [7, 11) is 0. The van der Waals surface area contributed by atoms with Crippen LogP contribution >= 0.6 is 0 Å². The highest BCUT2D eigenvalue weighted by atomic mass is 16.1. The molecule has 0 atom stereocenters. The third-order valence-corrected chi connectivity index (χ3v) is 1.33. The minimum atomic E-state index is -0.660. The first-order chi connectivity index (χ1) is 5.99. The molecule has 0 rings (SSSR count). The lowest BCUT2D eigenvalue weighted by Gasteiger charge is -2.03. The van der Waals surface area contributed by atoms with Crippen molar-refractivity contribution in [3.63, 3.8) is 0 Å². The SMILES string of the molecule is CC(C)CN=C(N)C(=CN)C(N)=O. The summed E-state index contributed by atoms with van der Waals surface area (Å²) in [6.45, 7) is 4.54. The summed E-state index contributed by atoms with van der Waals surface area (Å²) in [6, 6.07) is 0. The number of aliphatic imine (C=N–C) groups is 1. The fourth-order valence-electron chi connectivity index (χ4n) is 0.660. The molecule has 0 aliphatic rings. The number of nitrogens with two attached hydrogens (primary N) is 3. The number of amides is 1. The zero-order valence-electron chi connectivity index (χ0n) is 7.95. The van der Waals surface area contributed by atoms with Crippen LogP contribution in [0.1, 0.15) is 13.8 Å². The van der Waals surface area contributed by atoms with Crippen LogP contribution in [0.3, 0.4) is 0 Å². The third-order valence-electron chi connectivity index (χ3n) is 1.33. The van der Waals surface area contributed by atoms with E-state index < -0.39 is 5.91 Å². The highest BCUT2D eigenvalue weighted by molar-refractivity contribution is 6.19. The van der Waals surface area contributed by atoms with Crippen LogP contribution in [0.4, 0.5) is 0 Å². The molecule has 0 radical (unpaired) electrons. The molecule has 5 nitrogen and oxygen atoms in total. The number of hydrogen-bond acceptors (Lipinski definition) is 3. The fourth-order valence-corrected chi connectivity index (χ4v) is 0.660. The van der Waals surface area contributed by atoms with Crippen molar-refractivity contribution in [1.29, 1.82) is 0 Å². The van der Waals surface area contributed by atoms with Crippen molar-refractivity contribution in [3.8, 4) is 0 Å². The van der Waals surface area contributed by atoms with Crippen LogP contribution < -0.4 is 17.2 Å². The standard InChI is InChI=1S/C8H16N4O/c1-5(2)4-12-7(10)6(3-9)8(11)13/h3,5H,4,9H2,1-2H3,(H2,10,12)(H2,11,13). The predicted molar refractivity (Wildman–Crippen MR) is 52.8 cm³/mol. The average Bonchev–Trinajstić information content (AvgIpc) is 2.01. The summed E-state index contributed by atoms with van der Waals surface area (Å²) in [5, 5.41) is 0. The molecular formula is C8H16N4O. The molecule has 0 aliphatic carbocycles. The molecule has 0 aromatic rings. The van der Waals surface area contributed by atoms with Crippen molar-refractivity contribution >= 4 is 11.7 Å². The Labute approximate surface area is 77.7 Å². The summed E-state index contributed by atoms with van der Waals surface area (Å²) in [5.41, 5.74) is 15.7. The monoisotopic (exact) mass is 184 g/mol. The van der Waals surface area contributed by atoms with E-state index in [1.165, 1.54) is 0 Å². The molecule has 0 unspecified atom stereocenters. The van der Waals surface area contributed by atoms with Gasteiger partial charge in [0, 0.05) is 12.7 Å². The molecule has 13 heavy (non-hydrogen) atoms. The highest BCUT2D eigenvalue weighted by Crippen LogP contribution is 1.95. The van der Waals surface area contributed by atoms with Gasteiger partial charge in [0.2, 0.25) is 0 Å². The normalized spacial score (nSPS) is 13.5. The van der Waals surface area contributed by atoms with Crippen molar-refractivity contribution in [3.05, 3.63) is 11.8 Å². The van der Waals surface area contributed by atoms with Gasteiger partial charge >= 0.3 is 0 Å². The molecular weight excluding hydrogens is 168 g/mol. The Morgan fingerprint density at radius 3 is 2.31 bits per heavy atom. The van der Waals surface area contributed by atoms with Crippen LogP contribution in [-0.4, -0.2) is 18.3 Å². The molecule has 6 N–H and O–H groups in total. The summed E-state index contributed by atoms with van der Waals surface area (Å²) >= 11 is 0. The van der Waals surface area contributed by atoms with E-state index in [9.17, 15) is 4.79 Å². The van der Waals surface area contributed by atoms with E-state index in [1.54, 1.807) is 0 Å². The predicted octanol–water partition coefficient (Wildman–Crippen LogP) is -0.672. The van der Waals surface area contributed by atoms with Crippen LogP contribution in [0.5, 0.6) is 0 Å². The first kappa shape index (κ1) is 11.5. The van der Waals surface area contributed by atoms with Gasteiger partial charge in [0.15, 0.2) is 0 Å². The minimum absolute atomic E-state index is 0.0700. The topological polar surface area (TPSA) is 107 Å². The van der Waals surface area contributed by atoms with Crippen molar-refractivity contribution in [2.24, 2.45) is 28.1 Å². The fraction of sp³-hybridized carbons (Fsp3) is 0.500. The molecule has 1 amide bonds. The number of nitrogens with zero attached hydrogens (tertiary/aromatic N) is 1. The maximum Gasteiger partial charge on any atom is 0.253 e. The van der Waals surface area contributed by atoms with Crippen molar-refractivity contribution in [2.45, 2.75) is 13.8 Å². The zero-order valence-corrected chi connectivity index (χ0v) is 7.95. The Bertz CT molecular complexity index is 243. The number of carbonyl (C=O) groups excluding carboxylic acids is 1. The molecule has 74 valence electrons. The van der Waals surface area contributed by atoms with Gasteiger partial charge in [-0.1, -0.05) is 13.8 Å². The molecule has 0 fully saturated rings. The molecule has 0 aromatic heterocycles. The average molecular weight is 184 g/mol. The van der Waals surface area contributed by atoms with Crippen LogP contribution in [0, 0.1) is 5.92 Å². The molecule has 0 bridgehead atoms. The van der Waals surface area contributed by atoms with Crippen molar-refractivity contribution < 1.29 is 4.79 Å². The van der Waals surface area contributed by atoms with Crippen LogP contribution in [0.15, 0.2) is 16.8 Å². The Kier molecular flexibility index (Phi) is 4.58. The smallest absolute Gasteiger partial charge is 0.253 e. The number of carbonyl (C=O) groups is 1. The van der Waals surface area contributed by atoms with Crippen LogP contribution in [0.2, 0.25) is 0 Å². The maximum absolute atomic E-state index is 10.7. The van der Waals surface area contributed by atoms with Gasteiger partial charge in [0.05, 0.1) is 5.57 Å². The maximum atomic E-state index is 10.7. The van der Waals surface area contributed by atoms with Gasteiger partial charge in [-0.15, -0.1) is 0 Å². The Balaban J connectivity index is 4.47. The van der Waals surface area contributed by atoms with Crippen molar-refractivity contribution in [2.75, 3.05) is 6.54 Å². The molecule has 0 saturated heterocycles. The lowest BCUT2D eigenvalue weighted by molar-refractivity contribution is -0.114. The summed E-state index contributed by atoms with van der Waals surface area (Å²) in [5.74, 6) is -0.179. The van der Waals surface area contributed by atoms with Gasteiger partial charge in [-0.05, 0) is 5.92 Å². The van der Waals surface area contributed by atoms with Gasteiger partial charge in [-0.2, -0.15) is 0 Å². The Morgan fingerprint density at radius 1 is 1.46 bits per heavy atom. The van der Waals surface area contributed by atoms with Gasteiger partial charge in [0.1, 0.15) is 5.84 Å². The van der Waals surface area contributed by atoms with E-state index in [4.69, 9.17) is 17.2 Å². The Morgan fingerprint density at radius 2 is 2.00 bits per heavy atom. The largest absolute Gasteiger partial charge is 0.404 e. The second-order valence-corrected chi connectivity index (χ2v) is 3.06. The minimum Gasteiger partial charge on any atom is -0.404 e. The number of primary amides is 1. The van der Waals surface area contributed by atoms with Gasteiger partial charge < -0.3 is 17.2 Å². The molecule has 0 heterocycles. The second-order valence-electron chi connectivity index (χ2n) is 3.06. The lowest BCUT2D eigenvalue weighted by atomic mass is 10.2. The second kappa shape index (κ2) is 5.18. The highest BCUT2D eigenvalue weighted by Gasteiger charge is 2.08. The molecule has 5 heteroatoms. The van der Waals surface area contributed by atoms with Gasteiger partial charge in [-0.25, -0.2) is 0 Å². The number of hydrogen-bond donors (Lipinski definition) is 3. The zero-order chi connectivity index (χ0) is 10.4. The Hall–Kier alpha value is -1.52. The first-order valence-electron chi connectivity index (χ1n) is 4.01. The number of rotatable bonds is 4. The summed E-state index contributed by atoms with van der Waals surface area (Å²) in [6.07, 6.45) is 1.07. The molecule has 0 saturated carbocycles. The lowest BCUT2D eigenvalue weighted by Crippen LogP contribution is -2.28. The van der Waals surface area contributed by atoms with E-state index in [0.717, 1.165) is 6.20 Å². The quantitative estimate of drug-likeness (QED) is 0.306. The number of amidine groups is 1. The summed E-state index contributed by atoms with van der Waals surface area (Å²) in [4.78, 5) is 14.7. The van der Waals surface area contributed by atoms with E-state index in [-0.39, 0.29) is 11.4 Å². The molecule has 0 aromatic carbocycles. The van der Waals surface area contributed by atoms with E-state index in [1.807, 2.05) is 13.8 Å². The summed E-state index contributed by atoms with van der Waals surface area (Å²) < 4.78 is 0. The third kappa shape index (κ3) is 4.15. The van der Waals surface area contributed by atoms with Crippen LogP contribution in [-0.2, 0) is 4.79 Å². The molecule has 0 spiro atoms. The van der Waals surface area contributed by atoms with Gasteiger partial charge in [-0.3, -0.25) is 9.79 Å². The van der Waals surface area contributed by atoms with Crippen LogP contribution in [0.25, 0.3) is 0 Å². The van der Waals surface area contributed by atoms with Crippen molar-refractivity contribution in [1.82, 2.24) is 0 Å². The first-order valence-corrected chi connectivity index (χ1v) is 4.01.